The van der Waals surface area contributed by atoms with Crippen LogP contribution in [0.15, 0.2) is 42.5 Å². The molecular weight excluding hydrogens is 298 g/mol. The maximum Gasteiger partial charge on any atom is 0.258 e. The van der Waals surface area contributed by atoms with Gasteiger partial charge in [-0.25, -0.2) is 8.78 Å². The number of carbonyl (C=O) groups is 1. The summed E-state index contributed by atoms with van der Waals surface area (Å²) in [5, 5.41) is 2.61. The minimum absolute atomic E-state index is 0.187. The molecule has 0 spiro atoms. The van der Waals surface area contributed by atoms with Gasteiger partial charge in [-0.2, -0.15) is 0 Å². The van der Waals surface area contributed by atoms with Crippen molar-refractivity contribution < 1.29 is 13.6 Å². The number of nitrogens with one attached hydrogen (secondary N) is 1. The van der Waals surface area contributed by atoms with E-state index in [1.165, 1.54) is 0 Å². The highest BCUT2D eigenvalue weighted by Crippen LogP contribution is 2.20. The number of carbonyl (C=O) groups excluding carboxylic acids is 1. The van der Waals surface area contributed by atoms with Gasteiger partial charge < -0.3 is 10.2 Å². The van der Waals surface area contributed by atoms with E-state index in [2.05, 4.69) is 31.0 Å². The Morgan fingerprint density at radius 2 is 1.78 bits per heavy atom. The normalized spacial score (nSPS) is 10.7. The Morgan fingerprint density at radius 3 is 2.30 bits per heavy atom. The van der Waals surface area contributed by atoms with Gasteiger partial charge >= 0.3 is 0 Å². The minimum atomic E-state index is -0.879. The highest BCUT2D eigenvalue weighted by molar-refractivity contribution is 6.04. The van der Waals surface area contributed by atoms with Gasteiger partial charge in [0, 0.05) is 30.0 Å². The van der Waals surface area contributed by atoms with Gasteiger partial charge in [-0.05, 0) is 57.2 Å². The SMILES string of the molecule is CCN(c1ccc(NC(=O)c2ccc(F)cc2F)cc1)C(C)C. The number of hydrogen-bond acceptors (Lipinski definition) is 2. The zero-order valence-corrected chi connectivity index (χ0v) is 13.4. The number of nitrogens with zero attached hydrogens (tertiary/aromatic N) is 1. The van der Waals surface area contributed by atoms with Crippen LogP contribution in [0.3, 0.4) is 0 Å². The molecule has 0 radical (unpaired) electrons. The Balaban J connectivity index is 2.13. The summed E-state index contributed by atoms with van der Waals surface area (Å²) in [5.74, 6) is -2.20. The van der Waals surface area contributed by atoms with E-state index >= 15 is 0 Å². The number of halogens is 2. The molecule has 0 aliphatic rings. The van der Waals surface area contributed by atoms with Gasteiger partial charge in [-0.15, -0.1) is 0 Å². The summed E-state index contributed by atoms with van der Waals surface area (Å²) in [4.78, 5) is 14.3. The third kappa shape index (κ3) is 4.06. The molecule has 5 heteroatoms. The molecule has 0 saturated heterocycles. The van der Waals surface area contributed by atoms with Gasteiger partial charge in [-0.1, -0.05) is 0 Å². The Hall–Kier alpha value is -2.43. The molecule has 0 atom stereocenters. The molecule has 122 valence electrons. The molecule has 0 aliphatic heterocycles. The number of benzene rings is 2. The highest BCUT2D eigenvalue weighted by Gasteiger charge is 2.13. The van der Waals surface area contributed by atoms with Crippen molar-refractivity contribution in [1.82, 2.24) is 0 Å². The highest BCUT2D eigenvalue weighted by atomic mass is 19.1. The second kappa shape index (κ2) is 7.22. The molecule has 0 bridgehead atoms. The van der Waals surface area contributed by atoms with Crippen molar-refractivity contribution in [2.75, 3.05) is 16.8 Å². The van der Waals surface area contributed by atoms with E-state index in [-0.39, 0.29) is 5.56 Å². The average molecular weight is 318 g/mol. The fourth-order valence-electron chi connectivity index (χ4n) is 2.45. The number of hydrogen-bond donors (Lipinski definition) is 1. The molecule has 0 saturated carbocycles. The van der Waals surface area contributed by atoms with Crippen LogP contribution in [-0.4, -0.2) is 18.5 Å². The van der Waals surface area contributed by atoms with Gasteiger partial charge in [0.25, 0.3) is 5.91 Å². The molecule has 0 unspecified atom stereocenters. The summed E-state index contributed by atoms with van der Waals surface area (Å²) >= 11 is 0. The number of anilines is 2. The first-order chi connectivity index (χ1) is 10.9. The summed E-state index contributed by atoms with van der Waals surface area (Å²) < 4.78 is 26.5. The lowest BCUT2D eigenvalue weighted by atomic mass is 10.1. The second-order valence-corrected chi connectivity index (χ2v) is 5.50. The molecule has 0 aromatic heterocycles. The monoisotopic (exact) mass is 318 g/mol. The van der Waals surface area contributed by atoms with E-state index in [1.807, 2.05) is 12.1 Å². The predicted octanol–water partition coefficient (Wildman–Crippen LogP) is 4.45. The lowest BCUT2D eigenvalue weighted by molar-refractivity contribution is 0.102. The minimum Gasteiger partial charge on any atom is -0.369 e. The van der Waals surface area contributed by atoms with Crippen molar-refractivity contribution in [3.8, 4) is 0 Å². The molecule has 2 aromatic carbocycles. The van der Waals surface area contributed by atoms with Crippen LogP contribution < -0.4 is 10.2 Å². The zero-order chi connectivity index (χ0) is 17.0. The number of rotatable bonds is 5. The molecule has 2 aromatic rings. The van der Waals surface area contributed by atoms with Crippen molar-refractivity contribution in [2.45, 2.75) is 26.8 Å². The van der Waals surface area contributed by atoms with Gasteiger partial charge in [-0.3, -0.25) is 4.79 Å². The average Bonchev–Trinajstić information content (AvgIpc) is 2.49. The smallest absolute Gasteiger partial charge is 0.258 e. The third-order valence-corrected chi connectivity index (χ3v) is 3.60. The topological polar surface area (TPSA) is 32.3 Å². The second-order valence-electron chi connectivity index (χ2n) is 5.50. The van der Waals surface area contributed by atoms with Crippen molar-refractivity contribution in [3.05, 3.63) is 59.7 Å². The maximum atomic E-state index is 13.6. The van der Waals surface area contributed by atoms with Gasteiger partial charge in [0.15, 0.2) is 0 Å². The van der Waals surface area contributed by atoms with Gasteiger partial charge in [0.1, 0.15) is 11.6 Å². The molecule has 23 heavy (non-hydrogen) atoms. The van der Waals surface area contributed by atoms with E-state index in [9.17, 15) is 13.6 Å². The molecule has 0 heterocycles. The van der Waals surface area contributed by atoms with Crippen molar-refractivity contribution in [2.24, 2.45) is 0 Å². The molecule has 2 rings (SSSR count). The van der Waals surface area contributed by atoms with Crippen LogP contribution in [0.1, 0.15) is 31.1 Å². The summed E-state index contributed by atoms with van der Waals surface area (Å²) in [6.07, 6.45) is 0. The fraction of sp³-hybridized carbons (Fsp3) is 0.278. The standard InChI is InChI=1S/C18H20F2N2O/c1-4-22(12(2)3)15-8-6-14(7-9-15)21-18(23)16-10-5-13(19)11-17(16)20/h5-12H,4H2,1-3H3,(H,21,23). The third-order valence-electron chi connectivity index (χ3n) is 3.60. The summed E-state index contributed by atoms with van der Waals surface area (Å²) in [6, 6.07) is 10.6. The summed E-state index contributed by atoms with van der Waals surface area (Å²) in [7, 11) is 0. The lowest BCUT2D eigenvalue weighted by Gasteiger charge is -2.27. The van der Waals surface area contributed by atoms with Crippen molar-refractivity contribution >= 4 is 17.3 Å². The quantitative estimate of drug-likeness (QED) is 0.883. The molecule has 0 fully saturated rings. The largest absolute Gasteiger partial charge is 0.369 e. The van der Waals surface area contributed by atoms with Crippen LogP contribution in [0.4, 0.5) is 20.2 Å². The van der Waals surface area contributed by atoms with E-state index in [0.717, 1.165) is 24.4 Å². The molecular formula is C18H20F2N2O. The first-order valence-electron chi connectivity index (χ1n) is 7.55. The van der Waals surface area contributed by atoms with Gasteiger partial charge in [0.2, 0.25) is 0 Å². The summed E-state index contributed by atoms with van der Waals surface area (Å²) in [5.41, 5.74) is 1.42. The van der Waals surface area contributed by atoms with E-state index < -0.39 is 17.5 Å². The van der Waals surface area contributed by atoms with Crippen LogP contribution in [0, 0.1) is 11.6 Å². The van der Waals surface area contributed by atoms with Crippen LogP contribution in [0.2, 0.25) is 0 Å². The van der Waals surface area contributed by atoms with E-state index in [1.54, 1.807) is 12.1 Å². The number of amides is 1. The molecule has 1 N–H and O–H groups in total. The van der Waals surface area contributed by atoms with Crippen LogP contribution in [0.5, 0.6) is 0 Å². The zero-order valence-electron chi connectivity index (χ0n) is 13.4. The van der Waals surface area contributed by atoms with Crippen LogP contribution in [-0.2, 0) is 0 Å². The van der Waals surface area contributed by atoms with E-state index in [4.69, 9.17) is 0 Å². The predicted molar refractivity (Wildman–Crippen MR) is 88.9 cm³/mol. The Kier molecular flexibility index (Phi) is 5.32. The molecule has 0 aliphatic carbocycles. The first-order valence-corrected chi connectivity index (χ1v) is 7.55. The lowest BCUT2D eigenvalue weighted by Crippen LogP contribution is -2.30. The van der Waals surface area contributed by atoms with Crippen molar-refractivity contribution in [3.63, 3.8) is 0 Å². The first kappa shape index (κ1) is 16.9. The Bertz CT molecular complexity index is 684. The van der Waals surface area contributed by atoms with Crippen LogP contribution in [0.25, 0.3) is 0 Å². The Labute approximate surface area is 134 Å². The Morgan fingerprint density at radius 1 is 1.13 bits per heavy atom. The van der Waals surface area contributed by atoms with Crippen molar-refractivity contribution in [1.29, 1.82) is 0 Å². The van der Waals surface area contributed by atoms with E-state index in [0.29, 0.717) is 17.8 Å². The van der Waals surface area contributed by atoms with Gasteiger partial charge in [0.05, 0.1) is 5.56 Å². The molecule has 3 nitrogen and oxygen atoms in total. The van der Waals surface area contributed by atoms with Crippen LogP contribution >= 0.6 is 0 Å². The maximum absolute atomic E-state index is 13.6. The molecule has 1 amide bonds. The fourth-order valence-corrected chi connectivity index (χ4v) is 2.45. The summed E-state index contributed by atoms with van der Waals surface area (Å²) in [6.45, 7) is 7.17.